The fourth-order valence-corrected chi connectivity index (χ4v) is 4.89. The zero-order chi connectivity index (χ0) is 18.4. The molecule has 0 aromatic heterocycles. The molecule has 2 aromatic carbocycles. The number of hydrogen-bond donors (Lipinski definition) is 1. The molecule has 142 valence electrons. The van der Waals surface area contributed by atoms with Crippen LogP contribution in [-0.4, -0.2) is 37.4 Å². The quantitative estimate of drug-likeness (QED) is 0.870. The minimum atomic E-state index is -0.457. The Labute approximate surface area is 161 Å². The third kappa shape index (κ3) is 2.96. The van der Waals surface area contributed by atoms with Crippen LogP contribution in [0.15, 0.2) is 36.4 Å². The van der Waals surface area contributed by atoms with Crippen LogP contribution in [0.25, 0.3) is 0 Å². The smallest absolute Gasteiger partial charge is 0.133 e. The van der Waals surface area contributed by atoms with E-state index in [1.54, 1.807) is 0 Å². The summed E-state index contributed by atoms with van der Waals surface area (Å²) in [6.45, 7) is 6.36. The van der Waals surface area contributed by atoms with Crippen molar-refractivity contribution >= 4 is 11.4 Å². The molecule has 0 saturated carbocycles. The van der Waals surface area contributed by atoms with Crippen LogP contribution >= 0.6 is 0 Å². The first-order chi connectivity index (χ1) is 13.2. The molecule has 0 radical (unpaired) electrons. The van der Waals surface area contributed by atoms with E-state index >= 15 is 0 Å². The topological polar surface area (TPSA) is 35.9 Å². The summed E-state index contributed by atoms with van der Waals surface area (Å²) in [6, 6.07) is 13.0. The Balaban J connectivity index is 1.54. The molecule has 3 aliphatic rings. The van der Waals surface area contributed by atoms with Gasteiger partial charge in [0.25, 0.3) is 0 Å². The van der Waals surface area contributed by atoms with E-state index in [1.165, 1.54) is 37.1 Å². The van der Waals surface area contributed by atoms with Crippen LogP contribution in [0.1, 0.15) is 49.7 Å². The van der Waals surface area contributed by atoms with Crippen LogP contribution < -0.4 is 14.5 Å². The lowest BCUT2D eigenvalue weighted by molar-refractivity contribution is 0.171. The average Bonchev–Trinajstić information content (AvgIpc) is 3.38. The van der Waals surface area contributed by atoms with Gasteiger partial charge in [0.15, 0.2) is 0 Å². The van der Waals surface area contributed by atoms with E-state index in [0.717, 1.165) is 48.8 Å². The first kappa shape index (κ1) is 16.9. The maximum absolute atomic E-state index is 10.6. The number of ether oxygens (including phenoxy) is 1. The van der Waals surface area contributed by atoms with E-state index in [2.05, 4.69) is 46.2 Å². The summed E-state index contributed by atoms with van der Waals surface area (Å²) in [5, 5.41) is 10.6. The van der Waals surface area contributed by atoms with Crippen LogP contribution in [0.5, 0.6) is 11.5 Å². The number of rotatable bonds is 3. The average molecular weight is 364 g/mol. The summed E-state index contributed by atoms with van der Waals surface area (Å²) in [5.74, 6) is 1.76. The molecule has 2 fully saturated rings. The Morgan fingerprint density at radius 3 is 1.67 bits per heavy atom. The lowest BCUT2D eigenvalue weighted by Gasteiger charge is -2.32. The number of nitrogens with zero attached hydrogens (tertiary/aromatic N) is 2. The predicted octanol–water partition coefficient (Wildman–Crippen LogP) is 4.51. The summed E-state index contributed by atoms with van der Waals surface area (Å²) < 4.78 is 6.39. The Hall–Kier alpha value is -2.20. The number of aliphatic hydroxyl groups is 1. The largest absolute Gasteiger partial charge is 0.457 e. The number of aliphatic hydroxyl groups excluding tert-OH is 1. The Kier molecular flexibility index (Phi) is 4.24. The summed E-state index contributed by atoms with van der Waals surface area (Å²) in [4.78, 5) is 4.86. The maximum atomic E-state index is 10.6. The number of hydrogen-bond acceptors (Lipinski definition) is 4. The molecule has 2 aromatic rings. The molecular weight excluding hydrogens is 336 g/mol. The van der Waals surface area contributed by atoms with Gasteiger partial charge in [-0.15, -0.1) is 0 Å². The molecule has 1 N–H and O–H groups in total. The molecule has 4 nitrogen and oxygen atoms in total. The molecule has 1 atom stereocenters. The number of anilines is 2. The lowest BCUT2D eigenvalue weighted by atomic mass is 9.84. The summed E-state index contributed by atoms with van der Waals surface area (Å²) in [7, 11) is 0. The van der Waals surface area contributed by atoms with Gasteiger partial charge in [-0.2, -0.15) is 0 Å². The van der Waals surface area contributed by atoms with Gasteiger partial charge in [-0.05, 0) is 44.7 Å². The van der Waals surface area contributed by atoms with Gasteiger partial charge < -0.3 is 19.6 Å². The first-order valence-electron chi connectivity index (χ1n) is 10.3. The minimum absolute atomic E-state index is 0.0380. The Bertz CT molecular complexity index is 771. The van der Waals surface area contributed by atoms with E-state index in [4.69, 9.17) is 4.74 Å². The minimum Gasteiger partial charge on any atom is -0.457 e. The maximum Gasteiger partial charge on any atom is 0.133 e. The van der Waals surface area contributed by atoms with Gasteiger partial charge >= 0.3 is 0 Å². The molecule has 27 heavy (non-hydrogen) atoms. The highest BCUT2D eigenvalue weighted by atomic mass is 16.5. The first-order valence-corrected chi connectivity index (χ1v) is 10.3. The van der Waals surface area contributed by atoms with Crippen molar-refractivity contribution in [3.05, 3.63) is 47.5 Å². The third-order valence-electron chi connectivity index (χ3n) is 6.31. The van der Waals surface area contributed by atoms with E-state index in [-0.39, 0.29) is 5.92 Å². The molecule has 0 amide bonds. The highest BCUT2D eigenvalue weighted by molar-refractivity contribution is 5.64. The molecule has 0 aliphatic carbocycles. The van der Waals surface area contributed by atoms with Crippen LogP contribution in [0.4, 0.5) is 11.4 Å². The van der Waals surface area contributed by atoms with Crippen molar-refractivity contribution in [1.29, 1.82) is 0 Å². The molecule has 2 saturated heterocycles. The van der Waals surface area contributed by atoms with Gasteiger partial charge in [-0.3, -0.25) is 0 Å². The third-order valence-corrected chi connectivity index (χ3v) is 6.31. The fraction of sp³-hybridized carbons (Fsp3) is 0.478. The monoisotopic (exact) mass is 364 g/mol. The van der Waals surface area contributed by atoms with Crippen LogP contribution in [0, 0.1) is 0 Å². The fourth-order valence-electron chi connectivity index (χ4n) is 4.89. The normalized spacial score (nSPS) is 20.4. The van der Waals surface area contributed by atoms with E-state index in [9.17, 15) is 5.11 Å². The van der Waals surface area contributed by atoms with Crippen molar-refractivity contribution in [2.45, 2.75) is 44.6 Å². The molecule has 4 heteroatoms. The standard InChI is InChI=1S/C23H28N2O2/c1-16(26)23-19-8-6-17(24-10-2-3-11-24)14-21(19)27-22-15-18(7-9-20(22)23)25-12-4-5-13-25/h6-9,14-16,23,26H,2-5,10-13H2,1H3. The Morgan fingerprint density at radius 1 is 0.815 bits per heavy atom. The van der Waals surface area contributed by atoms with Gasteiger partial charge in [-0.1, -0.05) is 12.1 Å². The zero-order valence-corrected chi connectivity index (χ0v) is 16.0. The second-order valence-corrected chi connectivity index (χ2v) is 8.15. The second kappa shape index (κ2) is 6.75. The number of benzene rings is 2. The molecular formula is C23H28N2O2. The van der Waals surface area contributed by atoms with Crippen LogP contribution in [-0.2, 0) is 0 Å². The van der Waals surface area contributed by atoms with Crippen molar-refractivity contribution in [3.63, 3.8) is 0 Å². The molecule has 5 rings (SSSR count). The molecule has 1 unspecified atom stereocenters. The summed E-state index contributed by atoms with van der Waals surface area (Å²) in [5.41, 5.74) is 4.65. The SMILES string of the molecule is CC(O)C1c2ccc(N3CCCC3)cc2Oc2cc(N3CCCC3)ccc21. The van der Waals surface area contributed by atoms with Crippen LogP contribution in [0.3, 0.4) is 0 Å². The molecule has 0 spiro atoms. The summed E-state index contributed by atoms with van der Waals surface area (Å²) in [6.07, 6.45) is 4.58. The lowest BCUT2D eigenvalue weighted by Crippen LogP contribution is -2.23. The predicted molar refractivity (Wildman–Crippen MR) is 109 cm³/mol. The van der Waals surface area contributed by atoms with E-state index in [0.29, 0.717) is 0 Å². The van der Waals surface area contributed by atoms with Crippen molar-refractivity contribution in [3.8, 4) is 11.5 Å². The van der Waals surface area contributed by atoms with Crippen molar-refractivity contribution in [2.24, 2.45) is 0 Å². The van der Waals surface area contributed by atoms with E-state index in [1.807, 2.05) is 6.92 Å². The zero-order valence-electron chi connectivity index (χ0n) is 16.0. The molecule has 3 heterocycles. The van der Waals surface area contributed by atoms with Gasteiger partial charge in [0, 0.05) is 66.7 Å². The van der Waals surface area contributed by atoms with Crippen molar-refractivity contribution < 1.29 is 9.84 Å². The van der Waals surface area contributed by atoms with Gasteiger partial charge in [0.05, 0.1) is 6.10 Å². The highest BCUT2D eigenvalue weighted by Crippen LogP contribution is 2.48. The Morgan fingerprint density at radius 2 is 1.26 bits per heavy atom. The van der Waals surface area contributed by atoms with Gasteiger partial charge in [0.1, 0.15) is 11.5 Å². The summed E-state index contributed by atoms with van der Waals surface area (Å²) >= 11 is 0. The second-order valence-electron chi connectivity index (χ2n) is 8.15. The van der Waals surface area contributed by atoms with E-state index < -0.39 is 6.10 Å². The van der Waals surface area contributed by atoms with Crippen molar-refractivity contribution in [1.82, 2.24) is 0 Å². The van der Waals surface area contributed by atoms with Gasteiger partial charge in [0.2, 0.25) is 0 Å². The van der Waals surface area contributed by atoms with Gasteiger partial charge in [-0.25, -0.2) is 0 Å². The highest BCUT2D eigenvalue weighted by Gasteiger charge is 2.32. The number of fused-ring (bicyclic) bond motifs is 2. The van der Waals surface area contributed by atoms with Crippen molar-refractivity contribution in [2.75, 3.05) is 36.0 Å². The molecule has 3 aliphatic heterocycles. The van der Waals surface area contributed by atoms with Crippen LogP contribution in [0.2, 0.25) is 0 Å². The molecule has 0 bridgehead atoms.